The molecule has 1 N–H and O–H groups in total. The Morgan fingerprint density at radius 2 is 1.85 bits per heavy atom. The van der Waals surface area contributed by atoms with Gasteiger partial charge in [0, 0.05) is 11.4 Å². The van der Waals surface area contributed by atoms with Crippen molar-refractivity contribution in [1.82, 2.24) is 19.7 Å². The lowest BCUT2D eigenvalue weighted by molar-refractivity contribution is -0.138. The van der Waals surface area contributed by atoms with Crippen LogP contribution in [0.4, 0.5) is 0 Å². The number of carbonyl (C=O) groups is 2. The number of benzene rings is 1. The predicted octanol–water partition coefficient (Wildman–Crippen LogP) is 2.66. The van der Waals surface area contributed by atoms with E-state index >= 15 is 0 Å². The fourth-order valence-corrected chi connectivity index (χ4v) is 2.79. The standard InChI is InChI=1S/C19H20N4O3/c1-12(2)22(11-17(24)25)19(26)16-10-9-15-13(3)21-23(18(15)20-16)14-7-5-4-6-8-14/h4-10,12H,11H2,1-3H3,(H,24,25). The van der Waals surface area contributed by atoms with Gasteiger partial charge in [-0.05, 0) is 45.0 Å². The van der Waals surface area contributed by atoms with Gasteiger partial charge in [-0.15, -0.1) is 0 Å². The van der Waals surface area contributed by atoms with Gasteiger partial charge in [0.05, 0.1) is 11.4 Å². The van der Waals surface area contributed by atoms with Crippen molar-refractivity contribution in [3.63, 3.8) is 0 Å². The number of aryl methyl sites for hydroxylation is 1. The highest BCUT2D eigenvalue weighted by Gasteiger charge is 2.23. The summed E-state index contributed by atoms with van der Waals surface area (Å²) >= 11 is 0. The zero-order valence-electron chi connectivity index (χ0n) is 14.9. The van der Waals surface area contributed by atoms with Crippen molar-refractivity contribution in [2.45, 2.75) is 26.8 Å². The molecule has 0 saturated heterocycles. The second kappa shape index (κ2) is 6.95. The van der Waals surface area contributed by atoms with E-state index in [9.17, 15) is 9.59 Å². The Bertz CT molecular complexity index is 964. The number of carboxylic acids is 1. The number of aromatic nitrogens is 3. The molecule has 2 heterocycles. The van der Waals surface area contributed by atoms with Crippen LogP contribution < -0.4 is 0 Å². The molecule has 1 aromatic carbocycles. The molecule has 1 amide bonds. The summed E-state index contributed by atoms with van der Waals surface area (Å²) in [5.41, 5.74) is 2.42. The fourth-order valence-electron chi connectivity index (χ4n) is 2.79. The van der Waals surface area contributed by atoms with E-state index in [0.717, 1.165) is 16.8 Å². The zero-order chi connectivity index (χ0) is 18.8. The van der Waals surface area contributed by atoms with Gasteiger partial charge in [0.25, 0.3) is 5.91 Å². The van der Waals surface area contributed by atoms with Gasteiger partial charge >= 0.3 is 5.97 Å². The number of carbonyl (C=O) groups excluding carboxylic acids is 1. The largest absolute Gasteiger partial charge is 0.480 e. The number of amides is 1. The Labute approximate surface area is 150 Å². The molecular formula is C19H20N4O3. The molecule has 0 saturated carbocycles. The second-order valence-electron chi connectivity index (χ2n) is 6.32. The van der Waals surface area contributed by atoms with Gasteiger partial charge < -0.3 is 10.0 Å². The molecule has 0 bridgehead atoms. The van der Waals surface area contributed by atoms with Gasteiger partial charge in [0.15, 0.2) is 5.65 Å². The number of rotatable bonds is 5. The number of aliphatic carboxylic acids is 1. The smallest absolute Gasteiger partial charge is 0.323 e. The molecule has 2 aromatic heterocycles. The van der Waals surface area contributed by atoms with Crippen LogP contribution in [0.2, 0.25) is 0 Å². The van der Waals surface area contributed by atoms with Crippen molar-refractivity contribution in [1.29, 1.82) is 0 Å². The summed E-state index contributed by atoms with van der Waals surface area (Å²) < 4.78 is 1.69. The highest BCUT2D eigenvalue weighted by molar-refractivity contribution is 5.96. The summed E-state index contributed by atoms with van der Waals surface area (Å²) in [6.45, 7) is 5.07. The molecule has 0 aliphatic rings. The Morgan fingerprint density at radius 3 is 2.46 bits per heavy atom. The van der Waals surface area contributed by atoms with E-state index in [2.05, 4.69) is 10.1 Å². The van der Waals surface area contributed by atoms with Crippen LogP contribution in [0.5, 0.6) is 0 Å². The Hall–Kier alpha value is -3.22. The average Bonchev–Trinajstić information content (AvgIpc) is 2.96. The first-order valence-corrected chi connectivity index (χ1v) is 8.33. The van der Waals surface area contributed by atoms with Crippen LogP contribution >= 0.6 is 0 Å². The van der Waals surface area contributed by atoms with E-state index in [0.29, 0.717) is 5.65 Å². The minimum Gasteiger partial charge on any atom is -0.480 e. The van der Waals surface area contributed by atoms with Crippen LogP contribution in [0.25, 0.3) is 16.7 Å². The van der Waals surface area contributed by atoms with E-state index in [1.54, 1.807) is 30.7 Å². The molecule has 0 spiro atoms. The Kier molecular flexibility index (Phi) is 4.71. The van der Waals surface area contributed by atoms with Crippen LogP contribution in [0.1, 0.15) is 30.0 Å². The van der Waals surface area contributed by atoms with Crippen molar-refractivity contribution in [3.05, 3.63) is 53.9 Å². The summed E-state index contributed by atoms with van der Waals surface area (Å²) in [4.78, 5) is 29.7. The van der Waals surface area contributed by atoms with Crippen molar-refractivity contribution >= 4 is 22.9 Å². The van der Waals surface area contributed by atoms with Crippen LogP contribution in [-0.2, 0) is 4.79 Å². The maximum atomic E-state index is 12.8. The average molecular weight is 352 g/mol. The third-order valence-electron chi connectivity index (χ3n) is 4.13. The molecule has 26 heavy (non-hydrogen) atoms. The lowest BCUT2D eigenvalue weighted by atomic mass is 10.2. The maximum Gasteiger partial charge on any atom is 0.323 e. The lowest BCUT2D eigenvalue weighted by Gasteiger charge is -2.24. The van der Waals surface area contributed by atoms with Gasteiger partial charge in [0.1, 0.15) is 12.2 Å². The number of nitrogens with zero attached hydrogens (tertiary/aromatic N) is 4. The van der Waals surface area contributed by atoms with E-state index in [1.807, 2.05) is 37.3 Å². The minimum atomic E-state index is -1.06. The zero-order valence-corrected chi connectivity index (χ0v) is 14.9. The van der Waals surface area contributed by atoms with Gasteiger partial charge in [-0.2, -0.15) is 5.10 Å². The normalized spacial score (nSPS) is 11.1. The van der Waals surface area contributed by atoms with Gasteiger partial charge in [-0.1, -0.05) is 18.2 Å². The first-order chi connectivity index (χ1) is 12.4. The second-order valence-corrected chi connectivity index (χ2v) is 6.32. The summed E-state index contributed by atoms with van der Waals surface area (Å²) in [6.07, 6.45) is 0. The monoisotopic (exact) mass is 352 g/mol. The highest BCUT2D eigenvalue weighted by atomic mass is 16.4. The Morgan fingerprint density at radius 1 is 1.15 bits per heavy atom. The number of hydrogen-bond acceptors (Lipinski definition) is 4. The molecule has 0 radical (unpaired) electrons. The lowest BCUT2D eigenvalue weighted by Crippen LogP contribution is -2.41. The SMILES string of the molecule is Cc1nn(-c2ccccc2)c2nc(C(=O)N(CC(=O)O)C(C)C)ccc12. The number of carboxylic acid groups (broad SMARTS) is 1. The van der Waals surface area contributed by atoms with E-state index < -0.39 is 11.9 Å². The molecular weight excluding hydrogens is 332 g/mol. The quantitative estimate of drug-likeness (QED) is 0.763. The van der Waals surface area contributed by atoms with Crippen molar-refractivity contribution in [2.75, 3.05) is 6.54 Å². The molecule has 0 unspecified atom stereocenters. The molecule has 0 fully saturated rings. The maximum absolute atomic E-state index is 12.8. The first kappa shape index (κ1) is 17.6. The molecule has 3 rings (SSSR count). The third-order valence-corrected chi connectivity index (χ3v) is 4.13. The molecule has 7 nitrogen and oxygen atoms in total. The third kappa shape index (κ3) is 3.28. The number of para-hydroxylation sites is 1. The molecule has 134 valence electrons. The van der Waals surface area contributed by atoms with Gasteiger partial charge in [-0.25, -0.2) is 9.67 Å². The van der Waals surface area contributed by atoms with Crippen LogP contribution in [0, 0.1) is 6.92 Å². The van der Waals surface area contributed by atoms with Crippen molar-refractivity contribution < 1.29 is 14.7 Å². The van der Waals surface area contributed by atoms with Crippen LogP contribution in [0.15, 0.2) is 42.5 Å². The fraction of sp³-hybridized carbons (Fsp3) is 0.263. The number of hydrogen-bond donors (Lipinski definition) is 1. The number of fused-ring (bicyclic) bond motifs is 1. The predicted molar refractivity (Wildman–Crippen MR) is 97.4 cm³/mol. The van der Waals surface area contributed by atoms with E-state index in [1.165, 1.54) is 4.90 Å². The van der Waals surface area contributed by atoms with Crippen LogP contribution in [0.3, 0.4) is 0 Å². The molecule has 0 aliphatic carbocycles. The summed E-state index contributed by atoms with van der Waals surface area (Å²) in [5, 5.41) is 14.4. The van der Waals surface area contributed by atoms with E-state index in [4.69, 9.17) is 5.11 Å². The summed E-state index contributed by atoms with van der Waals surface area (Å²) in [6, 6.07) is 12.7. The van der Waals surface area contributed by atoms with Gasteiger partial charge in [0.2, 0.25) is 0 Å². The van der Waals surface area contributed by atoms with Gasteiger partial charge in [-0.3, -0.25) is 9.59 Å². The topological polar surface area (TPSA) is 88.3 Å². The first-order valence-electron chi connectivity index (χ1n) is 8.33. The molecule has 3 aromatic rings. The summed E-state index contributed by atoms with van der Waals surface area (Å²) in [5.74, 6) is -1.47. The summed E-state index contributed by atoms with van der Waals surface area (Å²) in [7, 11) is 0. The van der Waals surface area contributed by atoms with Crippen molar-refractivity contribution in [3.8, 4) is 5.69 Å². The molecule has 0 aliphatic heterocycles. The Balaban J connectivity index is 2.08. The van der Waals surface area contributed by atoms with Crippen LogP contribution in [-0.4, -0.2) is 49.2 Å². The number of pyridine rings is 1. The van der Waals surface area contributed by atoms with E-state index in [-0.39, 0.29) is 18.3 Å². The molecule has 0 atom stereocenters. The minimum absolute atomic E-state index is 0.199. The highest BCUT2D eigenvalue weighted by Crippen LogP contribution is 2.21. The molecule has 7 heteroatoms. The van der Waals surface area contributed by atoms with Crippen molar-refractivity contribution in [2.24, 2.45) is 0 Å².